The molecule has 1 aromatic carbocycles. The second-order valence-corrected chi connectivity index (χ2v) is 3.31. The summed E-state index contributed by atoms with van der Waals surface area (Å²) in [7, 11) is 1.19. The summed E-state index contributed by atoms with van der Waals surface area (Å²) >= 11 is 0. The lowest BCUT2D eigenvalue weighted by Crippen LogP contribution is -2.21. The summed E-state index contributed by atoms with van der Waals surface area (Å²) in [5, 5.41) is 8.65. The van der Waals surface area contributed by atoms with E-state index in [0.717, 1.165) is 12.1 Å². The molecule has 0 fully saturated rings. The first-order valence-corrected chi connectivity index (χ1v) is 4.50. The third kappa shape index (κ3) is 3.10. The van der Waals surface area contributed by atoms with E-state index in [9.17, 15) is 18.0 Å². The molecule has 0 aromatic heterocycles. The summed E-state index contributed by atoms with van der Waals surface area (Å²) in [5.74, 6) is -1.50. The minimum absolute atomic E-state index is 0.0912. The van der Waals surface area contributed by atoms with Gasteiger partial charge >= 0.3 is 12.1 Å². The Morgan fingerprint density at radius 3 is 2.41 bits per heavy atom. The molecule has 7 heteroatoms. The van der Waals surface area contributed by atoms with Crippen LogP contribution in [0.15, 0.2) is 18.2 Å². The second-order valence-electron chi connectivity index (χ2n) is 3.31. The van der Waals surface area contributed by atoms with Gasteiger partial charge in [0.05, 0.1) is 12.7 Å². The normalized spacial score (nSPS) is 13.2. The predicted octanol–water partition coefficient (Wildman–Crippen LogP) is 1.80. The van der Waals surface area contributed by atoms with Crippen LogP contribution < -0.4 is 10.5 Å². The number of carboxylic acids is 1. The molecule has 17 heavy (non-hydrogen) atoms. The van der Waals surface area contributed by atoms with Gasteiger partial charge in [0.15, 0.2) is 0 Å². The lowest BCUT2D eigenvalue weighted by Gasteiger charge is -2.13. The van der Waals surface area contributed by atoms with E-state index < -0.39 is 23.8 Å². The molecule has 0 aliphatic carbocycles. The van der Waals surface area contributed by atoms with Crippen LogP contribution in [0.4, 0.5) is 13.2 Å². The van der Waals surface area contributed by atoms with Gasteiger partial charge in [0.2, 0.25) is 0 Å². The van der Waals surface area contributed by atoms with Crippen molar-refractivity contribution in [2.24, 2.45) is 5.73 Å². The fourth-order valence-electron chi connectivity index (χ4n) is 1.23. The minimum Gasteiger partial charge on any atom is -0.497 e. The molecule has 94 valence electrons. The van der Waals surface area contributed by atoms with Crippen molar-refractivity contribution < 1.29 is 27.8 Å². The molecule has 0 aliphatic heterocycles. The highest BCUT2D eigenvalue weighted by atomic mass is 19.4. The molecule has 0 saturated carbocycles. The molecule has 3 N–H and O–H groups in total. The van der Waals surface area contributed by atoms with Crippen molar-refractivity contribution in [3.05, 3.63) is 29.3 Å². The number of rotatable bonds is 3. The Morgan fingerprint density at radius 2 is 2.00 bits per heavy atom. The summed E-state index contributed by atoms with van der Waals surface area (Å²) in [5.41, 5.74) is 4.09. The molecule has 1 unspecified atom stereocenters. The van der Waals surface area contributed by atoms with Gasteiger partial charge < -0.3 is 15.6 Å². The van der Waals surface area contributed by atoms with Gasteiger partial charge in [-0.2, -0.15) is 13.2 Å². The lowest BCUT2D eigenvalue weighted by molar-refractivity contribution is -0.140. The third-order valence-electron chi connectivity index (χ3n) is 2.12. The molecule has 4 nitrogen and oxygen atoms in total. The van der Waals surface area contributed by atoms with Crippen LogP contribution in [0.3, 0.4) is 0 Å². The number of alkyl halides is 3. The van der Waals surface area contributed by atoms with Crippen LogP contribution >= 0.6 is 0 Å². The van der Waals surface area contributed by atoms with E-state index in [1.165, 1.54) is 7.11 Å². The van der Waals surface area contributed by atoms with Gasteiger partial charge in [-0.05, 0) is 23.8 Å². The highest BCUT2D eigenvalue weighted by Gasteiger charge is 2.32. The Kier molecular flexibility index (Phi) is 3.62. The quantitative estimate of drug-likeness (QED) is 0.856. The van der Waals surface area contributed by atoms with Crippen LogP contribution in [0, 0.1) is 0 Å². The Labute approximate surface area is 94.8 Å². The smallest absolute Gasteiger partial charge is 0.416 e. The van der Waals surface area contributed by atoms with E-state index >= 15 is 0 Å². The van der Waals surface area contributed by atoms with Gasteiger partial charge in [0, 0.05) is 0 Å². The number of aliphatic carboxylic acids is 1. The standard InChI is InChI=1S/C10H10F3NO3/c1-17-7-3-5(8(14)9(15)16)2-6(4-7)10(11,12)13/h2-4,8H,14H2,1H3,(H,15,16). The zero-order chi connectivity index (χ0) is 13.2. The third-order valence-corrected chi connectivity index (χ3v) is 2.12. The molecular formula is C10H10F3NO3. The van der Waals surface area contributed by atoms with Crippen molar-refractivity contribution in [3.8, 4) is 5.75 Å². The number of hydrogen-bond donors (Lipinski definition) is 2. The number of carbonyl (C=O) groups is 1. The lowest BCUT2D eigenvalue weighted by atomic mass is 10.0. The fourth-order valence-corrected chi connectivity index (χ4v) is 1.23. The number of ether oxygens (including phenoxy) is 1. The van der Waals surface area contributed by atoms with Crippen LogP contribution in [0.25, 0.3) is 0 Å². The van der Waals surface area contributed by atoms with Crippen molar-refractivity contribution in [1.82, 2.24) is 0 Å². The second kappa shape index (κ2) is 4.62. The topological polar surface area (TPSA) is 72.5 Å². The number of methoxy groups -OCH3 is 1. The Bertz CT molecular complexity index is 431. The van der Waals surface area contributed by atoms with E-state index in [0.29, 0.717) is 6.07 Å². The van der Waals surface area contributed by atoms with Gasteiger partial charge in [-0.3, -0.25) is 4.79 Å². The molecule has 0 bridgehead atoms. The molecule has 0 aliphatic rings. The Morgan fingerprint density at radius 1 is 1.41 bits per heavy atom. The van der Waals surface area contributed by atoms with E-state index in [1.54, 1.807) is 0 Å². The average Bonchev–Trinajstić information content (AvgIpc) is 2.26. The van der Waals surface area contributed by atoms with Crippen molar-refractivity contribution in [2.75, 3.05) is 7.11 Å². The Balaban J connectivity index is 3.28. The highest BCUT2D eigenvalue weighted by molar-refractivity contribution is 5.75. The number of carboxylic acid groups (broad SMARTS) is 1. The predicted molar refractivity (Wildman–Crippen MR) is 52.6 cm³/mol. The van der Waals surface area contributed by atoms with Crippen LogP contribution in [0.5, 0.6) is 5.75 Å². The van der Waals surface area contributed by atoms with Gasteiger partial charge in [-0.1, -0.05) is 0 Å². The van der Waals surface area contributed by atoms with Crippen LogP contribution in [-0.4, -0.2) is 18.2 Å². The molecule has 0 spiro atoms. The summed E-state index contributed by atoms with van der Waals surface area (Å²) in [6.07, 6.45) is -4.58. The van der Waals surface area contributed by atoms with Crippen molar-refractivity contribution >= 4 is 5.97 Å². The largest absolute Gasteiger partial charge is 0.497 e. The number of nitrogens with two attached hydrogens (primary N) is 1. The molecular weight excluding hydrogens is 239 g/mol. The molecule has 0 amide bonds. The zero-order valence-corrected chi connectivity index (χ0v) is 8.78. The monoisotopic (exact) mass is 249 g/mol. The zero-order valence-electron chi connectivity index (χ0n) is 8.78. The maximum atomic E-state index is 12.5. The van der Waals surface area contributed by atoms with Crippen LogP contribution in [0.2, 0.25) is 0 Å². The Hall–Kier alpha value is -1.76. The summed E-state index contributed by atoms with van der Waals surface area (Å²) < 4.78 is 42.2. The molecule has 1 rings (SSSR count). The van der Waals surface area contributed by atoms with E-state index in [4.69, 9.17) is 10.8 Å². The van der Waals surface area contributed by atoms with Crippen LogP contribution in [-0.2, 0) is 11.0 Å². The molecule has 0 saturated heterocycles. The number of hydrogen-bond acceptors (Lipinski definition) is 3. The van der Waals surface area contributed by atoms with Gasteiger partial charge in [0.1, 0.15) is 11.8 Å². The van der Waals surface area contributed by atoms with Crippen molar-refractivity contribution in [2.45, 2.75) is 12.2 Å². The molecule has 0 heterocycles. The van der Waals surface area contributed by atoms with Crippen molar-refractivity contribution in [3.63, 3.8) is 0 Å². The van der Waals surface area contributed by atoms with Gasteiger partial charge in [-0.15, -0.1) is 0 Å². The summed E-state index contributed by atoms with van der Waals surface area (Å²) in [4.78, 5) is 10.6. The number of benzene rings is 1. The first-order valence-electron chi connectivity index (χ1n) is 4.50. The van der Waals surface area contributed by atoms with Gasteiger partial charge in [0.25, 0.3) is 0 Å². The van der Waals surface area contributed by atoms with E-state index in [2.05, 4.69) is 4.74 Å². The molecule has 0 radical (unpaired) electrons. The average molecular weight is 249 g/mol. The van der Waals surface area contributed by atoms with E-state index in [-0.39, 0.29) is 11.3 Å². The summed E-state index contributed by atoms with van der Waals surface area (Å²) in [6, 6.07) is 1.11. The first-order chi connectivity index (χ1) is 7.75. The SMILES string of the molecule is COc1cc(C(N)C(=O)O)cc(C(F)(F)F)c1. The van der Waals surface area contributed by atoms with Crippen molar-refractivity contribution in [1.29, 1.82) is 0 Å². The van der Waals surface area contributed by atoms with Crippen LogP contribution in [0.1, 0.15) is 17.2 Å². The first kappa shape index (κ1) is 13.3. The molecule has 1 aromatic rings. The molecule has 1 atom stereocenters. The number of halogens is 3. The maximum absolute atomic E-state index is 12.5. The van der Waals surface area contributed by atoms with Gasteiger partial charge in [-0.25, -0.2) is 0 Å². The fraction of sp³-hybridized carbons (Fsp3) is 0.300. The highest BCUT2D eigenvalue weighted by Crippen LogP contribution is 2.33. The maximum Gasteiger partial charge on any atom is 0.416 e. The minimum atomic E-state index is -4.58. The van der Waals surface area contributed by atoms with E-state index in [1.807, 2.05) is 0 Å². The summed E-state index contributed by atoms with van der Waals surface area (Å²) in [6.45, 7) is 0.